The first-order chi connectivity index (χ1) is 16.9. The zero-order valence-corrected chi connectivity index (χ0v) is 20.9. The molecule has 0 radical (unpaired) electrons. The Morgan fingerprint density at radius 2 is 1.57 bits per heavy atom. The van der Waals surface area contributed by atoms with Crippen molar-refractivity contribution in [3.63, 3.8) is 0 Å². The van der Waals surface area contributed by atoms with Crippen molar-refractivity contribution >= 4 is 53.4 Å². The molecule has 0 unspecified atom stereocenters. The number of aromatic nitrogens is 1. The molecule has 9 heteroatoms. The van der Waals surface area contributed by atoms with Crippen molar-refractivity contribution in [3.8, 4) is 16.9 Å². The van der Waals surface area contributed by atoms with Gasteiger partial charge in [-0.3, -0.25) is 10.1 Å². The van der Waals surface area contributed by atoms with Crippen molar-refractivity contribution in [2.24, 2.45) is 0 Å². The van der Waals surface area contributed by atoms with Gasteiger partial charge in [-0.2, -0.15) is 0 Å². The maximum atomic E-state index is 13.9. The second kappa shape index (κ2) is 8.83. The number of para-hydroxylation sites is 2. The fourth-order valence-corrected chi connectivity index (χ4v) is 6.60. The van der Waals surface area contributed by atoms with Gasteiger partial charge in [-0.1, -0.05) is 64.5 Å². The topological polar surface area (TPSA) is 91.4 Å². The van der Waals surface area contributed by atoms with Gasteiger partial charge in [0.1, 0.15) is 5.75 Å². The molecule has 1 aromatic heterocycles. The van der Waals surface area contributed by atoms with Crippen LogP contribution in [0.1, 0.15) is 5.56 Å². The third kappa shape index (κ3) is 3.59. The number of benzene rings is 4. The number of hydrogen-bond donors (Lipinski definition) is 0. The van der Waals surface area contributed by atoms with Crippen molar-refractivity contribution in [2.45, 2.75) is 10.2 Å². The van der Waals surface area contributed by atoms with E-state index >= 15 is 0 Å². The molecule has 0 aliphatic rings. The molecule has 35 heavy (non-hydrogen) atoms. The first-order valence-electron chi connectivity index (χ1n) is 10.6. The zero-order chi connectivity index (χ0) is 24.7. The third-order valence-corrected chi connectivity index (χ3v) is 8.29. The Morgan fingerprint density at radius 1 is 0.914 bits per heavy atom. The molecular formula is C26H19BrN2O5S. The molecule has 176 valence electrons. The minimum absolute atomic E-state index is 0.0790. The van der Waals surface area contributed by atoms with Crippen molar-refractivity contribution < 1.29 is 18.1 Å². The van der Waals surface area contributed by atoms with E-state index in [1.165, 1.54) is 17.1 Å². The molecule has 0 N–H and O–H groups in total. The van der Waals surface area contributed by atoms with Crippen LogP contribution in [-0.2, 0) is 15.4 Å². The lowest BCUT2D eigenvalue weighted by Gasteiger charge is -2.16. The number of nitro groups is 1. The van der Waals surface area contributed by atoms with Crippen LogP contribution >= 0.6 is 15.9 Å². The van der Waals surface area contributed by atoms with Gasteiger partial charge in [-0.05, 0) is 35.9 Å². The van der Waals surface area contributed by atoms with Crippen LogP contribution in [0.5, 0.6) is 5.75 Å². The van der Waals surface area contributed by atoms with Crippen molar-refractivity contribution in [1.82, 2.24) is 3.97 Å². The minimum atomic E-state index is -4.00. The summed E-state index contributed by atoms with van der Waals surface area (Å²) in [5.41, 5.74) is 2.38. The van der Waals surface area contributed by atoms with E-state index in [0.29, 0.717) is 49.6 Å². The lowest BCUT2D eigenvalue weighted by Crippen LogP contribution is -2.12. The SMILES string of the molecule is COc1c(CBr)c(-c2ccccc2[N+](=O)[O-])cc2c1c1ccccc1n2S(=O)(=O)c1ccccc1. The molecule has 0 amide bonds. The highest BCUT2D eigenvalue weighted by Crippen LogP contribution is 2.46. The highest BCUT2D eigenvalue weighted by molar-refractivity contribution is 9.08. The highest BCUT2D eigenvalue weighted by Gasteiger charge is 2.28. The van der Waals surface area contributed by atoms with Gasteiger partial charge < -0.3 is 4.74 Å². The van der Waals surface area contributed by atoms with E-state index in [9.17, 15) is 18.5 Å². The maximum absolute atomic E-state index is 13.9. The Balaban J connectivity index is 2.00. The van der Waals surface area contributed by atoms with E-state index < -0.39 is 14.9 Å². The van der Waals surface area contributed by atoms with Crippen LogP contribution in [0.3, 0.4) is 0 Å². The molecule has 0 aliphatic carbocycles. The molecule has 0 saturated carbocycles. The molecule has 0 atom stereocenters. The number of nitro benzene ring substituents is 1. The maximum Gasteiger partial charge on any atom is 0.277 e. The molecule has 4 aromatic carbocycles. The van der Waals surface area contributed by atoms with E-state index in [0.717, 1.165) is 0 Å². The summed E-state index contributed by atoms with van der Waals surface area (Å²) in [6.45, 7) is 0. The number of fused-ring (bicyclic) bond motifs is 3. The number of rotatable bonds is 6. The van der Waals surface area contributed by atoms with Crippen LogP contribution < -0.4 is 4.74 Å². The average Bonchev–Trinajstić information content (AvgIpc) is 3.22. The van der Waals surface area contributed by atoms with Gasteiger partial charge in [0.2, 0.25) is 0 Å². The monoisotopic (exact) mass is 550 g/mol. The summed E-state index contributed by atoms with van der Waals surface area (Å²) >= 11 is 3.52. The Bertz CT molecular complexity index is 1710. The summed E-state index contributed by atoms with van der Waals surface area (Å²) in [6, 6.07) is 23.5. The second-order valence-corrected chi connectivity index (χ2v) is 10.2. The molecule has 0 saturated heterocycles. The third-order valence-electron chi connectivity index (χ3n) is 5.98. The Kier molecular flexibility index (Phi) is 5.82. The van der Waals surface area contributed by atoms with Crippen LogP contribution in [0.4, 0.5) is 5.69 Å². The molecule has 0 bridgehead atoms. The van der Waals surface area contributed by atoms with Gasteiger partial charge in [0.25, 0.3) is 15.7 Å². The van der Waals surface area contributed by atoms with Crippen molar-refractivity contribution in [3.05, 3.63) is 101 Å². The predicted octanol–water partition coefficient (Wildman–Crippen LogP) is 6.51. The molecule has 5 rings (SSSR count). The van der Waals surface area contributed by atoms with Crippen LogP contribution in [0.15, 0.2) is 89.8 Å². The predicted molar refractivity (Wildman–Crippen MR) is 140 cm³/mol. The summed E-state index contributed by atoms with van der Waals surface area (Å²) < 4.78 is 35.0. The summed E-state index contributed by atoms with van der Waals surface area (Å²) in [5, 5.41) is 13.5. The van der Waals surface area contributed by atoms with E-state index in [4.69, 9.17) is 4.74 Å². The Hall–Kier alpha value is -3.69. The lowest BCUT2D eigenvalue weighted by molar-refractivity contribution is -0.384. The smallest absolute Gasteiger partial charge is 0.277 e. The quantitative estimate of drug-likeness (QED) is 0.136. The fraction of sp³-hybridized carbons (Fsp3) is 0.0769. The number of halogens is 1. The fourth-order valence-electron chi connectivity index (χ4n) is 4.51. The van der Waals surface area contributed by atoms with Gasteiger partial charge in [-0.25, -0.2) is 12.4 Å². The van der Waals surface area contributed by atoms with E-state index in [-0.39, 0.29) is 10.6 Å². The van der Waals surface area contributed by atoms with Gasteiger partial charge in [0, 0.05) is 22.3 Å². The number of alkyl halides is 1. The normalized spacial score (nSPS) is 11.7. The van der Waals surface area contributed by atoms with Crippen molar-refractivity contribution in [2.75, 3.05) is 7.11 Å². The number of hydrogen-bond acceptors (Lipinski definition) is 5. The molecule has 0 spiro atoms. The molecule has 0 aliphatic heterocycles. The van der Waals surface area contributed by atoms with Gasteiger partial charge >= 0.3 is 0 Å². The van der Waals surface area contributed by atoms with Gasteiger partial charge in [0.15, 0.2) is 0 Å². The summed E-state index contributed by atoms with van der Waals surface area (Å²) in [4.78, 5) is 11.5. The van der Waals surface area contributed by atoms with Gasteiger partial charge in [0.05, 0.1) is 38.9 Å². The van der Waals surface area contributed by atoms with Crippen LogP contribution in [0.2, 0.25) is 0 Å². The van der Waals surface area contributed by atoms with E-state index in [1.54, 1.807) is 66.7 Å². The van der Waals surface area contributed by atoms with Crippen molar-refractivity contribution in [1.29, 1.82) is 0 Å². The molecule has 5 aromatic rings. The average molecular weight is 551 g/mol. The zero-order valence-electron chi connectivity index (χ0n) is 18.5. The summed E-state index contributed by atoms with van der Waals surface area (Å²) in [7, 11) is -2.49. The van der Waals surface area contributed by atoms with Crippen LogP contribution in [0.25, 0.3) is 32.9 Å². The summed E-state index contributed by atoms with van der Waals surface area (Å²) in [5.74, 6) is 0.464. The standard InChI is InChI=1S/C26H19BrN2O5S/c1-34-26-21(16-27)20(18-11-5-8-14-23(18)29(30)31)15-24-25(26)19-12-6-7-13-22(19)28(24)35(32,33)17-9-3-2-4-10-17/h2-15H,16H2,1H3. The van der Waals surface area contributed by atoms with E-state index in [2.05, 4.69) is 15.9 Å². The largest absolute Gasteiger partial charge is 0.496 e. The molecular weight excluding hydrogens is 532 g/mol. The molecule has 0 fully saturated rings. The van der Waals surface area contributed by atoms with Gasteiger partial charge in [-0.15, -0.1) is 0 Å². The first-order valence-corrected chi connectivity index (χ1v) is 13.2. The lowest BCUT2D eigenvalue weighted by atomic mass is 9.95. The number of ether oxygens (including phenoxy) is 1. The first kappa shape index (κ1) is 23.1. The Labute approximate surface area is 209 Å². The highest BCUT2D eigenvalue weighted by atomic mass is 79.9. The second-order valence-electron chi connectivity index (χ2n) is 7.84. The minimum Gasteiger partial charge on any atom is -0.496 e. The summed E-state index contributed by atoms with van der Waals surface area (Å²) in [6.07, 6.45) is 0. The molecule has 7 nitrogen and oxygen atoms in total. The van der Waals surface area contributed by atoms with E-state index in [1.807, 2.05) is 12.1 Å². The Morgan fingerprint density at radius 3 is 2.26 bits per heavy atom. The number of methoxy groups -OCH3 is 1. The molecule has 1 heterocycles. The van der Waals surface area contributed by atoms with Crippen LogP contribution in [-0.4, -0.2) is 24.4 Å². The van der Waals surface area contributed by atoms with Crippen LogP contribution in [0, 0.1) is 10.1 Å². The number of nitrogens with zero attached hydrogens (tertiary/aromatic N) is 2.